The number of rotatable bonds is 5. The topological polar surface area (TPSA) is 12.0 Å². The van der Waals surface area contributed by atoms with Crippen molar-refractivity contribution in [2.45, 2.75) is 6.92 Å². The molecule has 0 fully saturated rings. The molecule has 0 aliphatic carbocycles. The van der Waals surface area contributed by atoms with E-state index in [1.54, 1.807) is 0 Å². The first-order chi connectivity index (χ1) is 13.7. The number of hydrogen-bond donors (Lipinski definition) is 1. The van der Waals surface area contributed by atoms with Gasteiger partial charge in [0.25, 0.3) is 0 Å². The van der Waals surface area contributed by atoms with Crippen LogP contribution in [0.4, 0.5) is 11.4 Å². The second kappa shape index (κ2) is 8.61. The van der Waals surface area contributed by atoms with Gasteiger partial charge in [0.2, 0.25) is 0 Å². The first-order valence-electron chi connectivity index (χ1n) is 9.25. The quantitative estimate of drug-likeness (QED) is 0.395. The summed E-state index contributed by atoms with van der Waals surface area (Å²) in [6.07, 6.45) is 0. The minimum atomic E-state index is -0.674. The molecule has 0 aliphatic rings. The summed E-state index contributed by atoms with van der Waals surface area (Å²) in [4.78, 5) is 0. The van der Waals surface area contributed by atoms with Crippen LogP contribution in [0.25, 0.3) is 0 Å². The third kappa shape index (κ3) is 4.12. The van der Waals surface area contributed by atoms with Crippen LogP contribution in [0.2, 0.25) is 5.02 Å². The van der Waals surface area contributed by atoms with Gasteiger partial charge in [-0.25, -0.2) is 0 Å². The van der Waals surface area contributed by atoms with Crippen molar-refractivity contribution in [2.75, 3.05) is 5.32 Å². The number of aryl methyl sites for hydroxylation is 1. The molecule has 1 nitrogen and oxygen atoms in total. The van der Waals surface area contributed by atoms with Crippen LogP contribution in [0.5, 0.6) is 0 Å². The first kappa shape index (κ1) is 18.7. The van der Waals surface area contributed by atoms with Crippen LogP contribution in [-0.2, 0) is 0 Å². The minimum Gasteiger partial charge on any atom is -0.355 e. The van der Waals surface area contributed by atoms with Crippen molar-refractivity contribution in [2.24, 2.45) is 0 Å². The molecule has 4 rings (SSSR count). The standard InChI is InChI=1S/C25H21ClNP/c1-19-9-8-14-24(25(19)27-21-17-15-20(26)16-18-21)28(22-10-4-2-5-11-22)23-12-6-3-7-13-23/h2-18,27H,1H3. The molecule has 0 saturated heterocycles. The normalized spacial score (nSPS) is 10.8. The SMILES string of the molecule is Cc1cccc(P(c2ccccc2)c2ccccc2)c1Nc1ccc(Cl)cc1. The largest absolute Gasteiger partial charge is 0.355 e. The Bertz CT molecular complexity index is 1010. The summed E-state index contributed by atoms with van der Waals surface area (Å²) in [5, 5.41) is 8.39. The Morgan fingerprint density at radius 3 is 1.79 bits per heavy atom. The van der Waals surface area contributed by atoms with Crippen molar-refractivity contribution in [1.82, 2.24) is 0 Å². The van der Waals surface area contributed by atoms with Crippen LogP contribution in [0, 0.1) is 6.92 Å². The lowest BCUT2D eigenvalue weighted by molar-refractivity contribution is 1.45. The van der Waals surface area contributed by atoms with Crippen LogP contribution in [0.3, 0.4) is 0 Å². The van der Waals surface area contributed by atoms with Gasteiger partial charge in [-0.15, -0.1) is 0 Å². The average Bonchev–Trinajstić information content (AvgIpc) is 2.74. The maximum absolute atomic E-state index is 6.06. The smallest absolute Gasteiger partial charge is 0.0498 e. The molecular weight excluding hydrogens is 381 g/mol. The number of benzene rings is 4. The zero-order valence-corrected chi connectivity index (χ0v) is 17.3. The number of para-hydroxylation sites is 1. The molecule has 0 atom stereocenters. The summed E-state index contributed by atoms with van der Waals surface area (Å²) in [6.45, 7) is 2.16. The molecule has 138 valence electrons. The molecule has 0 heterocycles. The Kier molecular flexibility index (Phi) is 5.76. The van der Waals surface area contributed by atoms with Crippen molar-refractivity contribution < 1.29 is 0 Å². The summed E-state index contributed by atoms with van der Waals surface area (Å²) in [5.41, 5.74) is 3.44. The van der Waals surface area contributed by atoms with E-state index >= 15 is 0 Å². The fourth-order valence-electron chi connectivity index (χ4n) is 3.26. The summed E-state index contributed by atoms with van der Waals surface area (Å²) in [6, 6.07) is 36.0. The third-order valence-corrected chi connectivity index (χ3v) is 7.37. The molecule has 0 saturated carbocycles. The van der Waals surface area contributed by atoms with Crippen LogP contribution in [-0.4, -0.2) is 0 Å². The molecule has 0 radical (unpaired) electrons. The third-order valence-electron chi connectivity index (χ3n) is 4.63. The Morgan fingerprint density at radius 1 is 0.643 bits per heavy atom. The van der Waals surface area contributed by atoms with Gasteiger partial charge in [0, 0.05) is 21.7 Å². The molecule has 0 aromatic heterocycles. The molecule has 0 aliphatic heterocycles. The van der Waals surface area contributed by atoms with Gasteiger partial charge in [-0.2, -0.15) is 0 Å². The number of hydrogen-bond acceptors (Lipinski definition) is 1. The predicted molar refractivity (Wildman–Crippen MR) is 125 cm³/mol. The number of nitrogens with one attached hydrogen (secondary N) is 1. The van der Waals surface area contributed by atoms with Gasteiger partial charge in [0.15, 0.2) is 0 Å². The van der Waals surface area contributed by atoms with Gasteiger partial charge in [-0.3, -0.25) is 0 Å². The van der Waals surface area contributed by atoms with Crippen molar-refractivity contribution in [3.63, 3.8) is 0 Å². The van der Waals surface area contributed by atoms with Crippen LogP contribution < -0.4 is 21.2 Å². The fraction of sp³-hybridized carbons (Fsp3) is 0.0400. The molecule has 0 bridgehead atoms. The summed E-state index contributed by atoms with van der Waals surface area (Å²) in [7, 11) is -0.674. The molecule has 4 aromatic carbocycles. The van der Waals surface area contributed by atoms with Crippen LogP contribution in [0.15, 0.2) is 103 Å². The molecule has 4 aromatic rings. The van der Waals surface area contributed by atoms with Gasteiger partial charge >= 0.3 is 0 Å². The Morgan fingerprint density at radius 2 is 1.21 bits per heavy atom. The molecule has 0 unspecified atom stereocenters. The molecule has 1 N–H and O–H groups in total. The van der Waals surface area contributed by atoms with Crippen molar-refractivity contribution in [3.05, 3.63) is 114 Å². The second-order valence-corrected chi connectivity index (χ2v) is 9.23. The van der Waals surface area contributed by atoms with E-state index in [1.807, 2.05) is 24.3 Å². The zero-order valence-electron chi connectivity index (χ0n) is 15.6. The van der Waals surface area contributed by atoms with Crippen molar-refractivity contribution >= 4 is 46.8 Å². The van der Waals surface area contributed by atoms with Crippen LogP contribution >= 0.6 is 19.5 Å². The van der Waals surface area contributed by atoms with Gasteiger partial charge in [-0.05, 0) is 55.3 Å². The molecule has 0 amide bonds. The highest BCUT2D eigenvalue weighted by molar-refractivity contribution is 7.80. The second-order valence-electron chi connectivity index (χ2n) is 6.61. The number of anilines is 2. The molecule has 28 heavy (non-hydrogen) atoms. The van der Waals surface area contributed by atoms with Crippen molar-refractivity contribution in [1.29, 1.82) is 0 Å². The summed E-state index contributed by atoms with van der Waals surface area (Å²) in [5.74, 6) is 0. The van der Waals surface area contributed by atoms with Gasteiger partial charge in [0.1, 0.15) is 0 Å². The highest BCUT2D eigenvalue weighted by atomic mass is 35.5. The highest BCUT2D eigenvalue weighted by Crippen LogP contribution is 2.37. The van der Waals surface area contributed by atoms with Gasteiger partial charge in [0.05, 0.1) is 0 Å². The van der Waals surface area contributed by atoms with E-state index < -0.39 is 7.92 Å². The van der Waals surface area contributed by atoms with E-state index in [4.69, 9.17) is 11.6 Å². The lowest BCUT2D eigenvalue weighted by atomic mass is 10.2. The lowest BCUT2D eigenvalue weighted by Crippen LogP contribution is -2.23. The highest BCUT2D eigenvalue weighted by Gasteiger charge is 2.20. The maximum Gasteiger partial charge on any atom is 0.0498 e. The fourth-order valence-corrected chi connectivity index (χ4v) is 5.87. The monoisotopic (exact) mass is 401 g/mol. The minimum absolute atomic E-state index is 0.674. The van der Waals surface area contributed by atoms with Gasteiger partial charge < -0.3 is 5.32 Å². The molecular formula is C25H21ClNP. The summed E-state index contributed by atoms with van der Waals surface area (Å²) < 4.78 is 0. The lowest BCUT2D eigenvalue weighted by Gasteiger charge is -2.24. The molecule has 0 spiro atoms. The van der Waals surface area contributed by atoms with E-state index in [-0.39, 0.29) is 0 Å². The first-order valence-corrected chi connectivity index (χ1v) is 11.0. The van der Waals surface area contributed by atoms with E-state index in [1.165, 1.54) is 27.2 Å². The number of halogens is 1. The van der Waals surface area contributed by atoms with Crippen LogP contribution in [0.1, 0.15) is 5.56 Å². The van der Waals surface area contributed by atoms with E-state index in [0.717, 1.165) is 10.7 Å². The average molecular weight is 402 g/mol. The Labute approximate surface area is 172 Å². The van der Waals surface area contributed by atoms with Crippen molar-refractivity contribution in [3.8, 4) is 0 Å². The van der Waals surface area contributed by atoms with E-state index in [0.29, 0.717) is 0 Å². The Balaban J connectivity index is 1.85. The zero-order chi connectivity index (χ0) is 19.3. The van der Waals surface area contributed by atoms with E-state index in [2.05, 4.69) is 91.1 Å². The van der Waals surface area contributed by atoms with E-state index in [9.17, 15) is 0 Å². The summed E-state index contributed by atoms with van der Waals surface area (Å²) >= 11 is 6.06. The molecule has 3 heteroatoms. The predicted octanol–water partition coefficient (Wildman–Crippen LogP) is 6.15. The Hall–Kier alpha value is -2.60. The van der Waals surface area contributed by atoms with Gasteiger partial charge in [-0.1, -0.05) is 90.5 Å². The maximum atomic E-state index is 6.06.